The first kappa shape index (κ1) is 24.4. The smallest absolute Gasteiger partial charge is 0.443 e. The molecule has 0 aliphatic heterocycles. The van der Waals surface area contributed by atoms with E-state index in [9.17, 15) is 9.36 Å². The van der Waals surface area contributed by atoms with E-state index in [2.05, 4.69) is 0 Å². The third-order valence-corrected chi connectivity index (χ3v) is 7.42. The standard InChI is InChI=1S/C25H28NO6P/c1-17-13-15-19(16-14-17)24(26)25(18(2)27)33(28,31-22-11-7-5-9-20(22)29-3)32-23-12-8-6-10-21(23)30-4/h5-16,24-25H,26H2,1-4H3. The number of ether oxygens (including phenoxy) is 2. The van der Waals surface area contributed by atoms with E-state index in [0.29, 0.717) is 17.1 Å². The van der Waals surface area contributed by atoms with Gasteiger partial charge in [-0.25, -0.2) is 4.57 Å². The van der Waals surface area contributed by atoms with Gasteiger partial charge in [0.05, 0.1) is 20.3 Å². The van der Waals surface area contributed by atoms with Crippen LogP contribution in [0.4, 0.5) is 0 Å². The molecule has 0 aliphatic rings. The van der Waals surface area contributed by atoms with Crippen LogP contribution in [0.15, 0.2) is 72.8 Å². The van der Waals surface area contributed by atoms with Crippen LogP contribution in [0, 0.1) is 6.92 Å². The number of carbonyl (C=O) groups is 1. The zero-order chi connectivity index (χ0) is 24.0. The van der Waals surface area contributed by atoms with E-state index in [0.717, 1.165) is 5.56 Å². The van der Waals surface area contributed by atoms with Gasteiger partial charge in [0.1, 0.15) is 5.78 Å². The molecule has 0 aromatic heterocycles. The fourth-order valence-electron chi connectivity index (χ4n) is 3.44. The van der Waals surface area contributed by atoms with Gasteiger partial charge in [0.25, 0.3) is 0 Å². The van der Waals surface area contributed by atoms with Gasteiger partial charge in [0.15, 0.2) is 28.7 Å². The summed E-state index contributed by atoms with van der Waals surface area (Å²) in [5.74, 6) is 0.581. The molecular weight excluding hydrogens is 441 g/mol. The van der Waals surface area contributed by atoms with Crippen LogP contribution >= 0.6 is 7.60 Å². The minimum absolute atomic E-state index is 0.167. The number of nitrogens with two attached hydrogens (primary N) is 1. The van der Waals surface area contributed by atoms with E-state index >= 15 is 0 Å². The van der Waals surface area contributed by atoms with Gasteiger partial charge in [-0.3, -0.25) is 4.79 Å². The second kappa shape index (κ2) is 10.6. The van der Waals surface area contributed by atoms with Crippen molar-refractivity contribution in [2.75, 3.05) is 14.2 Å². The van der Waals surface area contributed by atoms with E-state index in [1.165, 1.54) is 21.1 Å². The summed E-state index contributed by atoms with van der Waals surface area (Å²) < 4.78 is 37.1. The van der Waals surface area contributed by atoms with Crippen molar-refractivity contribution in [2.45, 2.75) is 25.5 Å². The predicted molar refractivity (Wildman–Crippen MR) is 127 cm³/mol. The van der Waals surface area contributed by atoms with Crippen molar-refractivity contribution in [3.63, 3.8) is 0 Å². The molecule has 174 valence electrons. The number of ketones is 1. The fourth-order valence-corrected chi connectivity index (χ4v) is 5.56. The molecule has 0 heterocycles. The Kier molecular flexibility index (Phi) is 7.79. The maximum absolute atomic E-state index is 14.5. The molecule has 0 saturated heterocycles. The van der Waals surface area contributed by atoms with Crippen molar-refractivity contribution in [1.82, 2.24) is 0 Å². The van der Waals surface area contributed by atoms with Crippen LogP contribution < -0.4 is 24.3 Å². The number of Topliss-reactive ketones (excluding diaryl/α,β-unsaturated/α-hetero) is 1. The van der Waals surface area contributed by atoms with Gasteiger partial charge in [0.2, 0.25) is 0 Å². The number of carbonyl (C=O) groups excluding carboxylic acids is 1. The maximum Gasteiger partial charge on any atom is 0.443 e. The van der Waals surface area contributed by atoms with Crippen LogP contribution in [0.3, 0.4) is 0 Å². The van der Waals surface area contributed by atoms with Crippen LogP contribution in [-0.2, 0) is 9.36 Å². The topological polar surface area (TPSA) is 97.1 Å². The van der Waals surface area contributed by atoms with E-state index in [1.807, 2.05) is 19.1 Å². The first-order chi connectivity index (χ1) is 15.8. The summed E-state index contributed by atoms with van der Waals surface area (Å²) >= 11 is 0. The highest BCUT2D eigenvalue weighted by atomic mass is 31.2. The van der Waals surface area contributed by atoms with Crippen LogP contribution in [0.1, 0.15) is 24.1 Å². The number of hydrogen-bond acceptors (Lipinski definition) is 7. The second-order valence-corrected chi connectivity index (χ2v) is 9.52. The van der Waals surface area contributed by atoms with Gasteiger partial charge in [-0.15, -0.1) is 0 Å². The minimum atomic E-state index is -4.28. The molecule has 2 atom stereocenters. The van der Waals surface area contributed by atoms with E-state index < -0.39 is 25.1 Å². The van der Waals surface area contributed by atoms with Crippen LogP contribution in [0.25, 0.3) is 0 Å². The van der Waals surface area contributed by atoms with Crippen molar-refractivity contribution in [3.8, 4) is 23.0 Å². The van der Waals surface area contributed by atoms with Crippen LogP contribution in [0.5, 0.6) is 23.0 Å². The SMILES string of the molecule is COc1ccccc1OP(=O)(Oc1ccccc1OC)C(C(C)=O)C(N)c1ccc(C)cc1. The summed E-state index contributed by atoms with van der Waals surface area (Å²) in [7, 11) is -1.34. The number of hydrogen-bond donors (Lipinski definition) is 1. The van der Waals surface area contributed by atoms with E-state index in [-0.39, 0.29) is 11.5 Å². The third-order valence-electron chi connectivity index (χ3n) is 5.15. The molecule has 2 N–H and O–H groups in total. The third kappa shape index (κ3) is 5.56. The lowest BCUT2D eigenvalue weighted by atomic mass is 10.0. The Bertz CT molecular complexity index is 1090. The summed E-state index contributed by atoms with van der Waals surface area (Å²) in [6.07, 6.45) is 0. The zero-order valence-corrected chi connectivity index (χ0v) is 20.0. The molecular formula is C25H28NO6P. The number of para-hydroxylation sites is 4. The Morgan fingerprint density at radius 2 is 1.21 bits per heavy atom. The molecule has 0 spiro atoms. The highest BCUT2D eigenvalue weighted by Gasteiger charge is 2.47. The molecule has 3 rings (SSSR count). The predicted octanol–water partition coefficient (Wildman–Crippen LogP) is 5.32. The average Bonchev–Trinajstić information content (AvgIpc) is 2.79. The molecule has 3 aromatic rings. The molecule has 3 aromatic carbocycles. The van der Waals surface area contributed by atoms with Crippen molar-refractivity contribution in [2.24, 2.45) is 5.73 Å². The molecule has 8 heteroatoms. The van der Waals surface area contributed by atoms with Gasteiger partial charge in [-0.2, -0.15) is 0 Å². The highest BCUT2D eigenvalue weighted by molar-refractivity contribution is 7.56. The second-order valence-electron chi connectivity index (χ2n) is 7.52. The number of methoxy groups -OCH3 is 2. The lowest BCUT2D eigenvalue weighted by Gasteiger charge is -2.30. The summed E-state index contributed by atoms with van der Waals surface area (Å²) in [4.78, 5) is 12.9. The minimum Gasteiger partial charge on any atom is -0.493 e. The molecule has 0 aliphatic carbocycles. The number of benzene rings is 3. The molecule has 0 amide bonds. The average molecular weight is 469 g/mol. The summed E-state index contributed by atoms with van der Waals surface area (Å²) in [6.45, 7) is 3.26. The van der Waals surface area contributed by atoms with Crippen LogP contribution in [0.2, 0.25) is 0 Å². The van der Waals surface area contributed by atoms with Crippen molar-refractivity contribution in [3.05, 3.63) is 83.9 Å². The van der Waals surface area contributed by atoms with E-state index in [1.54, 1.807) is 60.7 Å². The molecule has 0 radical (unpaired) electrons. The number of rotatable bonds is 10. The Hall–Kier alpha value is -3.28. The first-order valence-corrected chi connectivity index (χ1v) is 12.0. The maximum atomic E-state index is 14.5. The van der Waals surface area contributed by atoms with Gasteiger partial charge < -0.3 is 24.3 Å². The molecule has 0 fully saturated rings. The number of aryl methyl sites for hydroxylation is 1. The van der Waals surface area contributed by atoms with E-state index in [4.69, 9.17) is 24.3 Å². The normalized spacial score (nSPS) is 13.0. The lowest BCUT2D eigenvalue weighted by molar-refractivity contribution is -0.117. The zero-order valence-electron chi connectivity index (χ0n) is 19.1. The van der Waals surface area contributed by atoms with Crippen molar-refractivity contribution >= 4 is 13.4 Å². The quantitative estimate of drug-likeness (QED) is 0.401. The van der Waals surface area contributed by atoms with Crippen LogP contribution in [-0.4, -0.2) is 25.7 Å². The fraction of sp³-hybridized carbons (Fsp3) is 0.240. The highest BCUT2D eigenvalue weighted by Crippen LogP contribution is 2.58. The molecule has 33 heavy (non-hydrogen) atoms. The van der Waals surface area contributed by atoms with Gasteiger partial charge >= 0.3 is 7.60 Å². The first-order valence-electron chi connectivity index (χ1n) is 10.4. The summed E-state index contributed by atoms with van der Waals surface area (Å²) in [5.41, 5.74) is 6.88. The Balaban J connectivity index is 2.13. The lowest BCUT2D eigenvalue weighted by Crippen LogP contribution is -2.35. The van der Waals surface area contributed by atoms with Gasteiger partial charge in [-0.05, 0) is 43.7 Å². The summed E-state index contributed by atoms with van der Waals surface area (Å²) in [5, 5.41) is 0. The summed E-state index contributed by atoms with van der Waals surface area (Å²) in [6, 6.07) is 19.8. The van der Waals surface area contributed by atoms with Gasteiger partial charge in [-0.1, -0.05) is 54.1 Å². The Morgan fingerprint density at radius 3 is 1.61 bits per heavy atom. The molecule has 2 unspecified atom stereocenters. The largest absolute Gasteiger partial charge is 0.493 e. The van der Waals surface area contributed by atoms with Crippen molar-refractivity contribution < 1.29 is 27.9 Å². The molecule has 0 bridgehead atoms. The Labute approximate surface area is 194 Å². The monoisotopic (exact) mass is 469 g/mol. The van der Waals surface area contributed by atoms with Gasteiger partial charge in [0, 0.05) is 0 Å². The van der Waals surface area contributed by atoms with Crippen molar-refractivity contribution in [1.29, 1.82) is 0 Å². The molecule has 0 saturated carbocycles. The molecule has 7 nitrogen and oxygen atoms in total. The Morgan fingerprint density at radius 1 is 0.788 bits per heavy atom.